The van der Waals surface area contributed by atoms with E-state index in [9.17, 15) is 14.0 Å². The van der Waals surface area contributed by atoms with Crippen molar-refractivity contribution >= 4 is 23.2 Å². The standard InChI is InChI=1S/C34H50FN3O2/c1-8-38(9-2)19-12-10-11-15-32(39)34-24(4)31(36-25(34)5)22-30-29-21-27(35)16-17-28(29)23(3)26(20-33(30)40)14-13-18-37(6)7/h16-17,21-23,26,36H,8-15,18-20H2,1-7H3. The molecular formula is C34H50FN3O2. The summed E-state index contributed by atoms with van der Waals surface area (Å²) < 4.78 is 14.5. The van der Waals surface area contributed by atoms with Gasteiger partial charge in [-0.1, -0.05) is 33.3 Å². The molecule has 1 aliphatic carbocycles. The molecule has 1 aromatic heterocycles. The number of halogens is 1. The lowest BCUT2D eigenvalue weighted by Crippen LogP contribution is -2.23. The van der Waals surface area contributed by atoms with Gasteiger partial charge in [0, 0.05) is 35.4 Å². The SMILES string of the molecule is CCN(CC)CCCCCC(=O)c1c(C)[nH]c(C=C2C(=O)CC(CCCN(C)C)C(C)c3ccc(F)cc32)c1C. The maximum Gasteiger partial charge on any atom is 0.164 e. The minimum absolute atomic E-state index is 0.0405. The first kappa shape index (κ1) is 32.0. The smallest absolute Gasteiger partial charge is 0.164 e. The molecule has 0 bridgehead atoms. The highest BCUT2D eigenvalue weighted by Crippen LogP contribution is 2.41. The number of aryl methyl sites for hydroxylation is 1. The Morgan fingerprint density at radius 1 is 1.07 bits per heavy atom. The number of hydrogen-bond acceptors (Lipinski definition) is 4. The Labute approximate surface area is 241 Å². The lowest BCUT2D eigenvalue weighted by Gasteiger charge is -2.23. The average molecular weight is 552 g/mol. The normalized spacial score (nSPS) is 18.6. The van der Waals surface area contributed by atoms with Gasteiger partial charge in [-0.2, -0.15) is 0 Å². The van der Waals surface area contributed by atoms with Crippen molar-refractivity contribution in [3.05, 3.63) is 57.7 Å². The number of carbonyl (C=O) groups excluding carboxylic acids is 2. The number of carbonyl (C=O) groups is 2. The van der Waals surface area contributed by atoms with Gasteiger partial charge in [0.25, 0.3) is 0 Å². The molecule has 0 spiro atoms. The predicted molar refractivity (Wildman–Crippen MR) is 164 cm³/mol. The molecule has 220 valence electrons. The number of benzene rings is 1. The largest absolute Gasteiger partial charge is 0.358 e. The van der Waals surface area contributed by atoms with Crippen molar-refractivity contribution < 1.29 is 14.0 Å². The van der Waals surface area contributed by atoms with E-state index in [1.807, 2.05) is 26.0 Å². The monoisotopic (exact) mass is 551 g/mol. The zero-order valence-corrected chi connectivity index (χ0v) is 25.8. The molecule has 1 aromatic carbocycles. The third kappa shape index (κ3) is 8.01. The molecule has 0 saturated carbocycles. The topological polar surface area (TPSA) is 56.4 Å². The molecule has 3 rings (SSSR count). The Hall–Kier alpha value is -2.57. The Morgan fingerprint density at radius 2 is 1.80 bits per heavy atom. The number of allylic oxidation sites excluding steroid dienone is 1. The van der Waals surface area contributed by atoms with Crippen LogP contribution in [0.3, 0.4) is 0 Å². The maximum atomic E-state index is 14.5. The number of aromatic nitrogens is 1. The fraction of sp³-hybridized carbons (Fsp3) is 0.588. The summed E-state index contributed by atoms with van der Waals surface area (Å²) in [4.78, 5) is 34.9. The lowest BCUT2D eigenvalue weighted by atomic mass is 9.82. The van der Waals surface area contributed by atoms with E-state index in [4.69, 9.17) is 0 Å². The number of fused-ring (bicyclic) bond motifs is 1. The number of Topliss-reactive ketones (excluding diaryl/α,β-unsaturated/α-hetero) is 2. The fourth-order valence-electron chi connectivity index (χ4n) is 6.21. The number of unbranched alkanes of at least 4 members (excludes halogenated alkanes) is 2. The first-order valence-corrected chi connectivity index (χ1v) is 15.2. The third-order valence-corrected chi connectivity index (χ3v) is 8.75. The number of nitrogens with one attached hydrogen (secondary N) is 1. The Balaban J connectivity index is 1.83. The van der Waals surface area contributed by atoms with Crippen LogP contribution in [0.2, 0.25) is 0 Å². The van der Waals surface area contributed by atoms with Crippen molar-refractivity contribution in [3.63, 3.8) is 0 Å². The molecular weight excluding hydrogens is 501 g/mol. The van der Waals surface area contributed by atoms with E-state index in [-0.39, 0.29) is 29.2 Å². The molecule has 6 heteroatoms. The molecule has 1 N–H and O–H groups in total. The van der Waals surface area contributed by atoms with Crippen LogP contribution in [0.4, 0.5) is 4.39 Å². The molecule has 5 nitrogen and oxygen atoms in total. The summed E-state index contributed by atoms with van der Waals surface area (Å²) in [5.74, 6) is 0.198. The molecule has 40 heavy (non-hydrogen) atoms. The average Bonchev–Trinajstić information content (AvgIpc) is 3.15. The summed E-state index contributed by atoms with van der Waals surface area (Å²) in [5.41, 5.74) is 5.43. The number of aromatic amines is 1. The zero-order chi connectivity index (χ0) is 29.4. The molecule has 0 fully saturated rings. The zero-order valence-electron chi connectivity index (χ0n) is 25.8. The predicted octanol–water partition coefficient (Wildman–Crippen LogP) is 7.43. The lowest BCUT2D eigenvalue weighted by molar-refractivity contribution is -0.114. The van der Waals surface area contributed by atoms with Crippen LogP contribution in [-0.4, -0.2) is 66.6 Å². The molecule has 2 atom stereocenters. The second kappa shape index (κ2) is 14.9. The van der Waals surface area contributed by atoms with Gasteiger partial charge < -0.3 is 14.8 Å². The van der Waals surface area contributed by atoms with Crippen molar-refractivity contribution in [3.8, 4) is 0 Å². The highest BCUT2D eigenvalue weighted by Gasteiger charge is 2.31. The summed E-state index contributed by atoms with van der Waals surface area (Å²) in [6, 6.07) is 4.86. The van der Waals surface area contributed by atoms with E-state index < -0.39 is 0 Å². The van der Waals surface area contributed by atoms with Gasteiger partial charge in [0.2, 0.25) is 0 Å². The van der Waals surface area contributed by atoms with Crippen LogP contribution in [0.15, 0.2) is 18.2 Å². The first-order valence-electron chi connectivity index (χ1n) is 15.2. The van der Waals surface area contributed by atoms with Crippen LogP contribution >= 0.6 is 0 Å². The van der Waals surface area contributed by atoms with Crippen molar-refractivity contribution in [2.75, 3.05) is 40.3 Å². The van der Waals surface area contributed by atoms with E-state index in [1.165, 1.54) is 12.1 Å². The van der Waals surface area contributed by atoms with E-state index in [1.54, 1.807) is 0 Å². The van der Waals surface area contributed by atoms with Gasteiger partial charge in [-0.25, -0.2) is 4.39 Å². The summed E-state index contributed by atoms with van der Waals surface area (Å²) in [6.07, 6.45) is 7.79. The number of hydrogen-bond donors (Lipinski definition) is 1. The van der Waals surface area contributed by atoms with Crippen LogP contribution in [0.25, 0.3) is 11.6 Å². The van der Waals surface area contributed by atoms with Gasteiger partial charge in [0.15, 0.2) is 11.6 Å². The quantitative estimate of drug-likeness (QED) is 0.115. The van der Waals surface area contributed by atoms with E-state index in [0.29, 0.717) is 24.0 Å². The number of H-pyrrole nitrogens is 1. The minimum Gasteiger partial charge on any atom is -0.358 e. The Kier molecular flexibility index (Phi) is 11.9. The van der Waals surface area contributed by atoms with Crippen LogP contribution < -0.4 is 0 Å². The van der Waals surface area contributed by atoms with Crippen molar-refractivity contribution in [1.82, 2.24) is 14.8 Å². The molecule has 2 unspecified atom stereocenters. The van der Waals surface area contributed by atoms with Gasteiger partial charge in [0.1, 0.15) is 5.82 Å². The highest BCUT2D eigenvalue weighted by molar-refractivity contribution is 6.26. The van der Waals surface area contributed by atoms with E-state index >= 15 is 0 Å². The minimum atomic E-state index is -0.341. The van der Waals surface area contributed by atoms with Crippen LogP contribution in [0.5, 0.6) is 0 Å². The van der Waals surface area contributed by atoms with E-state index in [2.05, 4.69) is 49.7 Å². The van der Waals surface area contributed by atoms with Gasteiger partial charge in [0.05, 0.1) is 0 Å². The van der Waals surface area contributed by atoms with E-state index in [0.717, 1.165) is 86.4 Å². The van der Waals surface area contributed by atoms with Crippen LogP contribution in [0.1, 0.15) is 110 Å². The first-order chi connectivity index (χ1) is 19.1. The van der Waals surface area contributed by atoms with Gasteiger partial charge >= 0.3 is 0 Å². The van der Waals surface area contributed by atoms with Gasteiger partial charge in [-0.15, -0.1) is 0 Å². The van der Waals surface area contributed by atoms with Crippen molar-refractivity contribution in [1.29, 1.82) is 0 Å². The molecule has 0 saturated heterocycles. The Morgan fingerprint density at radius 3 is 2.48 bits per heavy atom. The third-order valence-electron chi connectivity index (χ3n) is 8.75. The summed E-state index contributed by atoms with van der Waals surface area (Å²) in [5, 5.41) is 0. The van der Waals surface area contributed by atoms with Gasteiger partial charge in [-0.05, 0) is 127 Å². The highest BCUT2D eigenvalue weighted by atomic mass is 19.1. The molecule has 2 aromatic rings. The maximum absolute atomic E-state index is 14.5. The molecule has 1 heterocycles. The molecule has 0 radical (unpaired) electrons. The van der Waals surface area contributed by atoms with Crippen LogP contribution in [-0.2, 0) is 4.79 Å². The Bertz CT molecular complexity index is 1190. The van der Waals surface area contributed by atoms with Gasteiger partial charge in [-0.3, -0.25) is 9.59 Å². The molecule has 0 aliphatic heterocycles. The van der Waals surface area contributed by atoms with Crippen LogP contribution in [0, 0.1) is 25.6 Å². The van der Waals surface area contributed by atoms with Crippen molar-refractivity contribution in [2.45, 2.75) is 85.5 Å². The fourth-order valence-corrected chi connectivity index (χ4v) is 6.21. The second-order valence-electron chi connectivity index (χ2n) is 11.8. The summed E-state index contributed by atoms with van der Waals surface area (Å²) >= 11 is 0. The molecule has 0 amide bonds. The summed E-state index contributed by atoms with van der Waals surface area (Å²) in [7, 11) is 4.13. The summed E-state index contributed by atoms with van der Waals surface area (Å²) in [6.45, 7) is 14.6. The molecule has 1 aliphatic rings. The number of rotatable bonds is 14. The second-order valence-corrected chi connectivity index (χ2v) is 11.8. The number of ketones is 2. The number of nitrogens with zero attached hydrogens (tertiary/aromatic N) is 2. The van der Waals surface area contributed by atoms with Crippen molar-refractivity contribution in [2.24, 2.45) is 5.92 Å².